The molecule has 102 valence electrons. The molecule has 1 aromatic rings. The van der Waals surface area contributed by atoms with Crippen molar-refractivity contribution >= 4 is 5.91 Å². The number of nitrogens with one attached hydrogen (secondary N) is 1. The lowest BCUT2D eigenvalue weighted by Crippen LogP contribution is -2.40. The number of hydrogen-bond donors (Lipinski definition) is 2. The van der Waals surface area contributed by atoms with E-state index in [1.165, 1.54) is 6.26 Å². The fraction of sp³-hybridized carbons (Fsp3) is 0.615. The van der Waals surface area contributed by atoms with Gasteiger partial charge in [-0.05, 0) is 39.8 Å². The summed E-state index contributed by atoms with van der Waals surface area (Å²) in [6.07, 6.45) is 1.48. The lowest BCUT2D eigenvalue weighted by molar-refractivity contribution is -0.131. The van der Waals surface area contributed by atoms with Crippen LogP contribution < -0.4 is 5.32 Å². The van der Waals surface area contributed by atoms with Gasteiger partial charge in [0.2, 0.25) is 5.91 Å². The first kappa shape index (κ1) is 14.7. The number of amides is 1. The minimum atomic E-state index is -1.22. The summed E-state index contributed by atoms with van der Waals surface area (Å²) in [7, 11) is 0. The van der Waals surface area contributed by atoms with Crippen LogP contribution in [-0.2, 0) is 15.1 Å². The molecule has 0 fully saturated rings. The van der Waals surface area contributed by atoms with Crippen LogP contribution in [0.5, 0.6) is 0 Å². The van der Waals surface area contributed by atoms with E-state index in [0.29, 0.717) is 5.76 Å². The van der Waals surface area contributed by atoms with Crippen LogP contribution in [0.25, 0.3) is 0 Å². The van der Waals surface area contributed by atoms with Crippen LogP contribution in [-0.4, -0.2) is 29.8 Å². The second-order valence-electron chi connectivity index (χ2n) is 5.43. The minimum absolute atomic E-state index is 0.0300. The fourth-order valence-electron chi connectivity index (χ4n) is 1.28. The van der Waals surface area contributed by atoms with Crippen LogP contribution in [0.4, 0.5) is 0 Å². The maximum atomic E-state index is 11.5. The highest BCUT2D eigenvalue weighted by Gasteiger charge is 2.26. The van der Waals surface area contributed by atoms with E-state index in [1.807, 2.05) is 20.8 Å². The maximum absolute atomic E-state index is 11.5. The van der Waals surface area contributed by atoms with Crippen molar-refractivity contribution in [3.8, 4) is 0 Å². The normalized spacial score (nSPS) is 15.2. The Kier molecular flexibility index (Phi) is 4.53. The van der Waals surface area contributed by atoms with Gasteiger partial charge in [-0.15, -0.1) is 0 Å². The number of furan rings is 1. The molecule has 5 nitrogen and oxygen atoms in total. The van der Waals surface area contributed by atoms with Crippen LogP contribution in [0.15, 0.2) is 22.8 Å². The van der Waals surface area contributed by atoms with E-state index in [-0.39, 0.29) is 24.7 Å². The molecule has 1 amide bonds. The van der Waals surface area contributed by atoms with Crippen molar-refractivity contribution < 1.29 is 19.1 Å². The molecule has 1 unspecified atom stereocenters. The molecule has 0 saturated heterocycles. The van der Waals surface area contributed by atoms with Crippen molar-refractivity contribution in [3.63, 3.8) is 0 Å². The third-order valence-corrected chi connectivity index (χ3v) is 2.32. The predicted molar refractivity (Wildman–Crippen MR) is 67.0 cm³/mol. The van der Waals surface area contributed by atoms with Gasteiger partial charge in [0.05, 0.1) is 18.4 Å². The van der Waals surface area contributed by atoms with Crippen LogP contribution in [0, 0.1) is 0 Å². The van der Waals surface area contributed by atoms with E-state index >= 15 is 0 Å². The van der Waals surface area contributed by atoms with E-state index in [0.717, 1.165) is 0 Å². The first-order valence-corrected chi connectivity index (χ1v) is 5.88. The third kappa shape index (κ3) is 4.89. The zero-order valence-corrected chi connectivity index (χ0v) is 11.3. The van der Waals surface area contributed by atoms with Crippen molar-refractivity contribution in [3.05, 3.63) is 24.2 Å². The topological polar surface area (TPSA) is 71.7 Å². The second-order valence-corrected chi connectivity index (χ2v) is 5.43. The van der Waals surface area contributed by atoms with E-state index in [9.17, 15) is 9.90 Å². The fourth-order valence-corrected chi connectivity index (χ4v) is 1.28. The van der Waals surface area contributed by atoms with Crippen LogP contribution in [0.2, 0.25) is 0 Å². The minimum Gasteiger partial charge on any atom is -0.466 e. The van der Waals surface area contributed by atoms with E-state index in [2.05, 4.69) is 5.32 Å². The Bertz CT molecular complexity index is 376. The van der Waals surface area contributed by atoms with Gasteiger partial charge in [-0.25, -0.2) is 0 Å². The Balaban J connectivity index is 2.39. The Morgan fingerprint density at radius 2 is 2.11 bits per heavy atom. The average molecular weight is 255 g/mol. The summed E-state index contributed by atoms with van der Waals surface area (Å²) in [4.78, 5) is 11.5. The summed E-state index contributed by atoms with van der Waals surface area (Å²) in [5.74, 6) is 0.149. The standard InChI is InChI=1S/C13H21NO4/c1-12(2,3)18-8-11(15)14-9-13(4,16)10-6-5-7-17-10/h5-7,16H,8-9H2,1-4H3,(H,14,15). The molecule has 0 bridgehead atoms. The lowest BCUT2D eigenvalue weighted by atomic mass is 10.0. The molecule has 0 aliphatic rings. The Labute approximate surface area is 107 Å². The smallest absolute Gasteiger partial charge is 0.246 e. The maximum Gasteiger partial charge on any atom is 0.246 e. The van der Waals surface area contributed by atoms with Crippen molar-refractivity contribution in [2.24, 2.45) is 0 Å². The highest BCUT2D eigenvalue weighted by Crippen LogP contribution is 2.19. The quantitative estimate of drug-likeness (QED) is 0.834. The van der Waals surface area contributed by atoms with Gasteiger partial charge >= 0.3 is 0 Å². The van der Waals surface area contributed by atoms with Gasteiger partial charge in [-0.2, -0.15) is 0 Å². The summed E-state index contributed by atoms with van der Waals surface area (Å²) >= 11 is 0. The van der Waals surface area contributed by atoms with Gasteiger partial charge in [0.25, 0.3) is 0 Å². The summed E-state index contributed by atoms with van der Waals surface area (Å²) in [5, 5.41) is 12.7. The number of carbonyl (C=O) groups is 1. The zero-order valence-electron chi connectivity index (χ0n) is 11.3. The average Bonchev–Trinajstić information content (AvgIpc) is 2.76. The van der Waals surface area contributed by atoms with Crippen LogP contribution in [0.1, 0.15) is 33.5 Å². The van der Waals surface area contributed by atoms with Crippen LogP contribution in [0.3, 0.4) is 0 Å². The van der Waals surface area contributed by atoms with Crippen molar-refractivity contribution in [2.45, 2.75) is 38.9 Å². The molecular weight excluding hydrogens is 234 g/mol. The summed E-state index contributed by atoms with van der Waals surface area (Å²) < 4.78 is 10.4. The highest BCUT2D eigenvalue weighted by molar-refractivity contribution is 5.77. The molecule has 2 N–H and O–H groups in total. The van der Waals surface area contributed by atoms with Crippen molar-refractivity contribution in [2.75, 3.05) is 13.2 Å². The molecule has 0 radical (unpaired) electrons. The van der Waals surface area contributed by atoms with E-state index in [4.69, 9.17) is 9.15 Å². The van der Waals surface area contributed by atoms with Crippen molar-refractivity contribution in [1.82, 2.24) is 5.32 Å². The molecule has 1 aromatic heterocycles. The molecule has 0 aromatic carbocycles. The number of rotatable bonds is 5. The molecule has 5 heteroatoms. The predicted octanol–water partition coefficient (Wildman–Crippen LogP) is 1.42. The highest BCUT2D eigenvalue weighted by atomic mass is 16.5. The Hall–Kier alpha value is -1.33. The Morgan fingerprint density at radius 1 is 1.44 bits per heavy atom. The second kappa shape index (κ2) is 5.54. The van der Waals surface area contributed by atoms with Gasteiger partial charge in [0.1, 0.15) is 18.0 Å². The van der Waals surface area contributed by atoms with Gasteiger partial charge in [-0.1, -0.05) is 0 Å². The van der Waals surface area contributed by atoms with E-state index in [1.54, 1.807) is 19.1 Å². The first-order valence-electron chi connectivity index (χ1n) is 5.88. The number of aliphatic hydroxyl groups is 1. The largest absolute Gasteiger partial charge is 0.466 e. The van der Waals surface area contributed by atoms with Gasteiger partial charge in [0.15, 0.2) is 0 Å². The van der Waals surface area contributed by atoms with Gasteiger partial charge in [-0.3, -0.25) is 4.79 Å². The number of ether oxygens (including phenoxy) is 1. The van der Waals surface area contributed by atoms with Gasteiger partial charge in [0, 0.05) is 0 Å². The SMILES string of the molecule is CC(C)(C)OCC(=O)NCC(C)(O)c1ccco1. The number of hydrogen-bond acceptors (Lipinski definition) is 4. The molecule has 1 heterocycles. The molecule has 0 aliphatic heterocycles. The monoisotopic (exact) mass is 255 g/mol. The molecular formula is C13H21NO4. The molecule has 1 rings (SSSR count). The van der Waals surface area contributed by atoms with Gasteiger partial charge < -0.3 is 19.6 Å². The summed E-state index contributed by atoms with van der Waals surface area (Å²) in [6.45, 7) is 7.25. The summed E-state index contributed by atoms with van der Waals surface area (Å²) in [6, 6.07) is 3.35. The molecule has 0 aliphatic carbocycles. The van der Waals surface area contributed by atoms with Crippen molar-refractivity contribution in [1.29, 1.82) is 0 Å². The van der Waals surface area contributed by atoms with E-state index < -0.39 is 5.60 Å². The Morgan fingerprint density at radius 3 is 2.61 bits per heavy atom. The zero-order chi connectivity index (χ0) is 13.8. The first-order chi connectivity index (χ1) is 8.21. The molecule has 0 spiro atoms. The third-order valence-electron chi connectivity index (χ3n) is 2.32. The molecule has 1 atom stereocenters. The molecule has 0 saturated carbocycles. The number of carbonyl (C=O) groups excluding carboxylic acids is 1. The van der Waals surface area contributed by atoms with Crippen LogP contribution >= 0.6 is 0 Å². The lowest BCUT2D eigenvalue weighted by Gasteiger charge is -2.22. The summed E-state index contributed by atoms with van der Waals surface area (Å²) in [5.41, 5.74) is -1.58. The molecule has 18 heavy (non-hydrogen) atoms.